The zero-order valence-corrected chi connectivity index (χ0v) is 24.6. The minimum Gasteiger partial charge on any atom is -0.423 e. The summed E-state index contributed by atoms with van der Waals surface area (Å²) in [5, 5.41) is 0. The third-order valence-electron chi connectivity index (χ3n) is 7.65. The molecule has 0 amide bonds. The van der Waals surface area contributed by atoms with Crippen LogP contribution in [-0.2, 0) is 0 Å². The van der Waals surface area contributed by atoms with Gasteiger partial charge in [-0.25, -0.2) is 9.59 Å². The van der Waals surface area contributed by atoms with Crippen molar-refractivity contribution >= 4 is 11.9 Å². The summed E-state index contributed by atoms with van der Waals surface area (Å²) in [6.07, 6.45) is 0. The van der Waals surface area contributed by atoms with E-state index in [1.807, 2.05) is 84.9 Å². The minimum absolute atomic E-state index is 0.343. The summed E-state index contributed by atoms with van der Waals surface area (Å²) >= 11 is 0. The molecular weight excluding hydrogens is 572 g/mol. The fourth-order valence-electron chi connectivity index (χ4n) is 5.18. The van der Waals surface area contributed by atoms with Crippen LogP contribution in [0, 0.1) is 0 Å². The van der Waals surface area contributed by atoms with Crippen LogP contribution >= 0.6 is 0 Å². The lowest BCUT2D eigenvalue weighted by molar-refractivity contribution is 0.0719. The highest BCUT2D eigenvalue weighted by molar-refractivity contribution is 5.92. The molecule has 2 aromatic heterocycles. The smallest absolute Gasteiger partial charge is 0.343 e. The van der Waals surface area contributed by atoms with E-state index >= 15 is 0 Å². The molecule has 46 heavy (non-hydrogen) atoms. The number of aromatic amines is 2. The Bertz CT molecular complexity index is 1940. The molecule has 0 unspecified atom stereocenters. The average Bonchev–Trinajstić information content (AvgIpc) is 3.82. The van der Waals surface area contributed by atoms with Crippen LogP contribution in [0.4, 0.5) is 0 Å². The van der Waals surface area contributed by atoms with Gasteiger partial charge in [0.05, 0.1) is 11.1 Å². The molecule has 0 aliphatic heterocycles. The van der Waals surface area contributed by atoms with Gasteiger partial charge in [-0.2, -0.15) is 0 Å². The van der Waals surface area contributed by atoms with Crippen LogP contribution in [0.2, 0.25) is 0 Å². The van der Waals surface area contributed by atoms with Crippen LogP contribution in [-0.4, -0.2) is 21.9 Å². The van der Waals surface area contributed by atoms with Crippen molar-refractivity contribution in [1.29, 1.82) is 0 Å². The molecule has 7 aromatic rings. The van der Waals surface area contributed by atoms with Crippen molar-refractivity contribution in [3.63, 3.8) is 0 Å². The van der Waals surface area contributed by atoms with Gasteiger partial charge in [-0.15, -0.1) is 0 Å². The highest BCUT2D eigenvalue weighted by Gasteiger charge is 2.13. The molecule has 6 nitrogen and oxygen atoms in total. The first-order valence-electron chi connectivity index (χ1n) is 14.8. The zero-order chi connectivity index (χ0) is 31.3. The summed E-state index contributed by atoms with van der Waals surface area (Å²) in [5.41, 5.74) is 8.94. The maximum atomic E-state index is 12.8. The predicted molar refractivity (Wildman–Crippen MR) is 180 cm³/mol. The lowest BCUT2D eigenvalue weighted by atomic mass is 10.1. The lowest BCUT2D eigenvalue weighted by Gasteiger charge is -2.08. The lowest BCUT2D eigenvalue weighted by Crippen LogP contribution is -2.09. The van der Waals surface area contributed by atoms with Gasteiger partial charge >= 0.3 is 11.9 Å². The molecule has 6 heteroatoms. The Balaban J connectivity index is 0.941. The van der Waals surface area contributed by atoms with Crippen molar-refractivity contribution in [1.82, 2.24) is 9.97 Å². The van der Waals surface area contributed by atoms with Gasteiger partial charge in [0.25, 0.3) is 0 Å². The molecule has 0 aliphatic rings. The van der Waals surface area contributed by atoms with Crippen molar-refractivity contribution in [3.8, 4) is 56.5 Å². The number of carbonyl (C=O) groups excluding carboxylic acids is 2. The van der Waals surface area contributed by atoms with Gasteiger partial charge < -0.3 is 19.4 Å². The van der Waals surface area contributed by atoms with Gasteiger partial charge in [-0.05, 0) is 95.1 Å². The number of rotatable bonds is 8. The Morgan fingerprint density at radius 3 is 0.978 bits per heavy atom. The minimum atomic E-state index is -0.481. The molecule has 0 saturated heterocycles. The topological polar surface area (TPSA) is 84.2 Å². The zero-order valence-electron chi connectivity index (χ0n) is 24.6. The fraction of sp³-hybridized carbons (Fsp3) is 0. The van der Waals surface area contributed by atoms with Crippen LogP contribution in [0.5, 0.6) is 11.5 Å². The first-order chi connectivity index (χ1) is 22.6. The van der Waals surface area contributed by atoms with Gasteiger partial charge in [0.1, 0.15) is 11.5 Å². The third kappa shape index (κ3) is 6.27. The van der Waals surface area contributed by atoms with E-state index in [-0.39, 0.29) is 0 Å². The molecule has 0 fully saturated rings. The van der Waals surface area contributed by atoms with E-state index in [1.165, 1.54) is 0 Å². The molecular formula is C40H28N2O4. The van der Waals surface area contributed by atoms with Crippen molar-refractivity contribution in [2.75, 3.05) is 0 Å². The van der Waals surface area contributed by atoms with Crippen LogP contribution in [0.25, 0.3) is 45.0 Å². The molecule has 222 valence electrons. The Hall–Kier alpha value is -6.40. The molecule has 7 rings (SSSR count). The van der Waals surface area contributed by atoms with Gasteiger partial charge in [0.15, 0.2) is 0 Å². The van der Waals surface area contributed by atoms with Crippen LogP contribution in [0.15, 0.2) is 158 Å². The van der Waals surface area contributed by atoms with E-state index in [4.69, 9.17) is 9.47 Å². The van der Waals surface area contributed by atoms with E-state index in [0.717, 1.165) is 45.0 Å². The summed E-state index contributed by atoms with van der Waals surface area (Å²) in [7, 11) is 0. The van der Waals surface area contributed by atoms with E-state index in [9.17, 15) is 9.59 Å². The highest BCUT2D eigenvalue weighted by atomic mass is 16.5. The summed E-state index contributed by atoms with van der Waals surface area (Å²) in [4.78, 5) is 32.4. The van der Waals surface area contributed by atoms with Gasteiger partial charge in [0, 0.05) is 22.8 Å². The second-order valence-corrected chi connectivity index (χ2v) is 10.7. The Labute approximate surface area is 265 Å². The van der Waals surface area contributed by atoms with Crippen LogP contribution in [0.3, 0.4) is 0 Å². The molecule has 0 spiro atoms. The molecule has 0 bridgehead atoms. The Kier molecular flexibility index (Phi) is 7.82. The quantitative estimate of drug-likeness (QED) is 0.134. The second kappa shape index (κ2) is 12.7. The van der Waals surface area contributed by atoms with Crippen LogP contribution < -0.4 is 9.47 Å². The Morgan fingerprint density at radius 1 is 0.348 bits per heavy atom. The molecule has 0 aliphatic carbocycles. The predicted octanol–water partition coefficient (Wildman–Crippen LogP) is 9.45. The summed E-state index contributed by atoms with van der Waals surface area (Å²) in [5.74, 6) is -0.275. The standard InChI is InChI=1S/C40H28N2O4/c43-39(31-15-11-29(12-16-31)37-25-23-35(41-37)27-7-3-1-4-8-27)45-33-19-21-34(22-20-33)46-40(44)32-17-13-30(14-18-32)38-26-24-36(42-38)28-9-5-2-6-10-28/h1-26,41-42H. The first kappa shape index (κ1) is 28.4. The number of hydrogen-bond acceptors (Lipinski definition) is 4. The summed E-state index contributed by atoms with van der Waals surface area (Å²) < 4.78 is 11.1. The molecule has 0 saturated carbocycles. The largest absolute Gasteiger partial charge is 0.423 e. The van der Waals surface area contributed by atoms with Crippen molar-refractivity contribution in [2.45, 2.75) is 0 Å². The molecule has 5 aromatic carbocycles. The van der Waals surface area contributed by atoms with Crippen molar-refractivity contribution in [3.05, 3.63) is 169 Å². The normalized spacial score (nSPS) is 10.8. The van der Waals surface area contributed by atoms with Gasteiger partial charge in [-0.1, -0.05) is 84.9 Å². The number of nitrogens with one attached hydrogen (secondary N) is 2. The number of H-pyrrole nitrogens is 2. The number of carbonyl (C=O) groups is 2. The van der Waals surface area contributed by atoms with Crippen molar-refractivity contribution < 1.29 is 19.1 Å². The maximum Gasteiger partial charge on any atom is 0.343 e. The molecule has 2 N–H and O–H groups in total. The Morgan fingerprint density at radius 2 is 0.652 bits per heavy atom. The maximum absolute atomic E-state index is 12.8. The van der Waals surface area contributed by atoms with E-state index < -0.39 is 11.9 Å². The first-order valence-corrected chi connectivity index (χ1v) is 14.8. The van der Waals surface area contributed by atoms with E-state index in [0.29, 0.717) is 22.6 Å². The SMILES string of the molecule is O=C(Oc1ccc(OC(=O)c2ccc(-c3ccc(-c4ccccc4)[nH]3)cc2)cc1)c1ccc(-c2ccc(-c3ccccc3)[nH]2)cc1. The number of ether oxygens (including phenoxy) is 2. The monoisotopic (exact) mass is 600 g/mol. The van der Waals surface area contributed by atoms with Gasteiger partial charge in [-0.3, -0.25) is 0 Å². The number of hydrogen-bond donors (Lipinski definition) is 2. The number of benzene rings is 5. The van der Waals surface area contributed by atoms with E-state index in [2.05, 4.69) is 34.2 Å². The van der Waals surface area contributed by atoms with Crippen LogP contribution in [0.1, 0.15) is 20.7 Å². The molecule has 0 radical (unpaired) electrons. The second-order valence-electron chi connectivity index (χ2n) is 10.7. The van der Waals surface area contributed by atoms with Crippen molar-refractivity contribution in [2.24, 2.45) is 0 Å². The third-order valence-corrected chi connectivity index (χ3v) is 7.65. The molecule has 2 heterocycles. The number of aromatic nitrogens is 2. The summed E-state index contributed by atoms with van der Waals surface area (Å²) in [6, 6.07) is 49.2. The molecule has 0 atom stereocenters. The number of esters is 2. The highest BCUT2D eigenvalue weighted by Crippen LogP contribution is 2.27. The summed E-state index contributed by atoms with van der Waals surface area (Å²) in [6.45, 7) is 0. The van der Waals surface area contributed by atoms with E-state index in [1.54, 1.807) is 48.5 Å². The average molecular weight is 601 g/mol. The van der Waals surface area contributed by atoms with Gasteiger partial charge in [0.2, 0.25) is 0 Å². The fourth-order valence-corrected chi connectivity index (χ4v) is 5.18.